The standard InChI is InChI=1S/C13H10F2IN/c14-9-3-1-8(2-4-9)13(17)11-6-5-10(15)7-12(11)16/h1-7,13H,17H2. The first-order valence-electron chi connectivity index (χ1n) is 5.04. The quantitative estimate of drug-likeness (QED) is 0.827. The van der Waals surface area contributed by atoms with Gasteiger partial charge in [-0.15, -0.1) is 0 Å². The van der Waals surface area contributed by atoms with Gasteiger partial charge in [-0.1, -0.05) is 18.2 Å². The minimum Gasteiger partial charge on any atom is -0.320 e. The third-order valence-electron chi connectivity index (χ3n) is 2.53. The third kappa shape index (κ3) is 2.81. The molecule has 2 aromatic carbocycles. The normalized spacial score (nSPS) is 12.5. The van der Waals surface area contributed by atoms with Crippen LogP contribution in [0.2, 0.25) is 0 Å². The Morgan fingerprint density at radius 1 is 0.941 bits per heavy atom. The topological polar surface area (TPSA) is 26.0 Å². The summed E-state index contributed by atoms with van der Waals surface area (Å²) in [5.41, 5.74) is 7.70. The molecule has 2 rings (SSSR count). The molecule has 2 N–H and O–H groups in total. The van der Waals surface area contributed by atoms with Crippen molar-refractivity contribution in [1.82, 2.24) is 0 Å². The van der Waals surface area contributed by atoms with Crippen LogP contribution >= 0.6 is 22.6 Å². The molecular weight excluding hydrogens is 335 g/mol. The molecule has 1 nitrogen and oxygen atoms in total. The van der Waals surface area contributed by atoms with Crippen LogP contribution in [0, 0.1) is 15.2 Å². The molecule has 0 saturated heterocycles. The largest absolute Gasteiger partial charge is 0.320 e. The van der Waals surface area contributed by atoms with Gasteiger partial charge in [0.25, 0.3) is 0 Å². The molecule has 17 heavy (non-hydrogen) atoms. The van der Waals surface area contributed by atoms with Gasteiger partial charge in [0.15, 0.2) is 0 Å². The first-order chi connectivity index (χ1) is 8.08. The Labute approximate surface area is 112 Å². The smallest absolute Gasteiger partial charge is 0.124 e. The van der Waals surface area contributed by atoms with E-state index in [-0.39, 0.29) is 17.7 Å². The highest BCUT2D eigenvalue weighted by Gasteiger charge is 2.12. The summed E-state index contributed by atoms with van der Waals surface area (Å²) in [6, 6.07) is 10.1. The van der Waals surface area contributed by atoms with Gasteiger partial charge in [-0.25, -0.2) is 8.78 Å². The van der Waals surface area contributed by atoms with Crippen molar-refractivity contribution in [3.63, 3.8) is 0 Å². The molecule has 0 spiro atoms. The Hall–Kier alpha value is -1.01. The third-order valence-corrected chi connectivity index (χ3v) is 3.46. The van der Waals surface area contributed by atoms with Crippen LogP contribution in [0.3, 0.4) is 0 Å². The zero-order chi connectivity index (χ0) is 12.4. The number of halogens is 3. The minimum atomic E-state index is -0.372. The summed E-state index contributed by atoms with van der Waals surface area (Å²) in [5, 5.41) is 0. The first-order valence-corrected chi connectivity index (χ1v) is 6.12. The van der Waals surface area contributed by atoms with Crippen molar-refractivity contribution in [2.45, 2.75) is 6.04 Å². The van der Waals surface area contributed by atoms with E-state index >= 15 is 0 Å². The maximum Gasteiger partial charge on any atom is 0.124 e. The van der Waals surface area contributed by atoms with E-state index < -0.39 is 0 Å². The summed E-state index contributed by atoms with van der Waals surface area (Å²) in [4.78, 5) is 0. The average molecular weight is 345 g/mol. The van der Waals surface area contributed by atoms with E-state index in [2.05, 4.69) is 0 Å². The van der Waals surface area contributed by atoms with Gasteiger partial charge in [0.1, 0.15) is 11.6 Å². The summed E-state index contributed by atoms with van der Waals surface area (Å²) < 4.78 is 26.5. The lowest BCUT2D eigenvalue weighted by molar-refractivity contribution is 0.624. The van der Waals surface area contributed by atoms with Crippen molar-refractivity contribution < 1.29 is 8.78 Å². The van der Waals surface area contributed by atoms with Crippen LogP contribution < -0.4 is 5.73 Å². The fourth-order valence-electron chi connectivity index (χ4n) is 1.60. The van der Waals surface area contributed by atoms with Gasteiger partial charge >= 0.3 is 0 Å². The molecule has 0 aliphatic rings. The highest BCUT2D eigenvalue weighted by Crippen LogP contribution is 2.25. The highest BCUT2D eigenvalue weighted by molar-refractivity contribution is 14.1. The Morgan fingerprint density at radius 3 is 2.12 bits per heavy atom. The molecule has 88 valence electrons. The van der Waals surface area contributed by atoms with Crippen LogP contribution in [0.15, 0.2) is 42.5 Å². The highest BCUT2D eigenvalue weighted by atomic mass is 127. The van der Waals surface area contributed by atoms with Crippen molar-refractivity contribution in [3.05, 3.63) is 68.8 Å². The molecule has 0 heterocycles. The van der Waals surface area contributed by atoms with Crippen molar-refractivity contribution in [2.24, 2.45) is 5.73 Å². The van der Waals surface area contributed by atoms with Gasteiger partial charge in [0.2, 0.25) is 0 Å². The van der Waals surface area contributed by atoms with Crippen molar-refractivity contribution in [1.29, 1.82) is 0 Å². The van der Waals surface area contributed by atoms with E-state index in [1.807, 2.05) is 22.6 Å². The van der Waals surface area contributed by atoms with Crippen LogP contribution in [0.25, 0.3) is 0 Å². The lowest BCUT2D eigenvalue weighted by Crippen LogP contribution is -2.13. The second-order valence-corrected chi connectivity index (χ2v) is 4.86. The molecule has 0 saturated carbocycles. The van der Waals surface area contributed by atoms with Crippen molar-refractivity contribution in [3.8, 4) is 0 Å². The fraction of sp³-hybridized carbons (Fsp3) is 0.0769. The second kappa shape index (κ2) is 5.10. The Morgan fingerprint density at radius 2 is 1.53 bits per heavy atom. The summed E-state index contributed by atoms with van der Waals surface area (Å²) in [6.45, 7) is 0. The first kappa shape index (κ1) is 12.4. The lowest BCUT2D eigenvalue weighted by Gasteiger charge is -2.14. The van der Waals surface area contributed by atoms with Crippen molar-refractivity contribution >= 4 is 22.6 Å². The molecule has 0 bridgehead atoms. The number of nitrogens with two attached hydrogens (primary N) is 1. The molecule has 1 atom stereocenters. The van der Waals surface area contributed by atoms with Gasteiger partial charge in [0, 0.05) is 3.57 Å². The van der Waals surface area contributed by atoms with E-state index in [1.54, 1.807) is 18.2 Å². The summed E-state index contributed by atoms with van der Waals surface area (Å²) in [5.74, 6) is -0.584. The fourth-order valence-corrected chi connectivity index (χ4v) is 2.42. The summed E-state index contributed by atoms with van der Waals surface area (Å²) in [7, 11) is 0. The minimum absolute atomic E-state index is 0.288. The molecule has 0 aliphatic carbocycles. The van der Waals surface area contributed by atoms with Gasteiger partial charge in [-0.05, 0) is 58.0 Å². The number of rotatable bonds is 2. The molecular formula is C13H10F2IN. The Balaban J connectivity index is 2.36. The molecule has 0 aromatic heterocycles. The predicted octanol–water partition coefficient (Wildman–Crippen LogP) is 3.62. The molecule has 4 heteroatoms. The summed E-state index contributed by atoms with van der Waals surface area (Å²) in [6.07, 6.45) is 0. The average Bonchev–Trinajstić information content (AvgIpc) is 2.29. The van der Waals surface area contributed by atoms with Crippen LogP contribution in [0.1, 0.15) is 17.2 Å². The van der Waals surface area contributed by atoms with Gasteiger partial charge in [-0.3, -0.25) is 0 Å². The van der Waals surface area contributed by atoms with Crippen LogP contribution in [-0.2, 0) is 0 Å². The lowest BCUT2D eigenvalue weighted by atomic mass is 10.00. The zero-order valence-electron chi connectivity index (χ0n) is 8.83. The maximum atomic E-state index is 13.0. The SMILES string of the molecule is NC(c1ccc(F)cc1)c1ccc(F)cc1I. The van der Waals surface area contributed by atoms with Crippen LogP contribution in [0.4, 0.5) is 8.78 Å². The molecule has 0 radical (unpaired) electrons. The number of benzene rings is 2. The van der Waals surface area contributed by atoms with E-state index in [9.17, 15) is 8.78 Å². The molecule has 2 aromatic rings. The van der Waals surface area contributed by atoms with Crippen LogP contribution in [-0.4, -0.2) is 0 Å². The zero-order valence-corrected chi connectivity index (χ0v) is 11.0. The van der Waals surface area contributed by atoms with E-state index in [0.717, 1.165) is 14.7 Å². The molecule has 1 unspecified atom stereocenters. The maximum absolute atomic E-state index is 13.0. The second-order valence-electron chi connectivity index (χ2n) is 3.70. The molecule has 0 amide bonds. The van der Waals surface area contributed by atoms with Crippen LogP contribution in [0.5, 0.6) is 0 Å². The van der Waals surface area contributed by atoms with Gasteiger partial charge in [0.05, 0.1) is 6.04 Å². The number of hydrogen-bond donors (Lipinski definition) is 1. The molecule has 0 fully saturated rings. The predicted molar refractivity (Wildman–Crippen MR) is 71.5 cm³/mol. The monoisotopic (exact) mass is 345 g/mol. The Bertz CT molecular complexity index is 525. The van der Waals surface area contributed by atoms with E-state index in [0.29, 0.717) is 0 Å². The molecule has 0 aliphatic heterocycles. The Kier molecular flexibility index (Phi) is 3.73. The number of hydrogen-bond acceptors (Lipinski definition) is 1. The van der Waals surface area contributed by atoms with E-state index in [1.165, 1.54) is 24.3 Å². The van der Waals surface area contributed by atoms with Gasteiger partial charge in [-0.2, -0.15) is 0 Å². The van der Waals surface area contributed by atoms with Gasteiger partial charge < -0.3 is 5.73 Å². The summed E-state index contributed by atoms with van der Waals surface area (Å²) >= 11 is 2.04. The van der Waals surface area contributed by atoms with Crippen molar-refractivity contribution in [2.75, 3.05) is 0 Å². The van der Waals surface area contributed by atoms with E-state index in [4.69, 9.17) is 5.73 Å².